The molecule has 15 heavy (non-hydrogen) atoms. The van der Waals surface area contributed by atoms with Gasteiger partial charge in [0.15, 0.2) is 0 Å². The van der Waals surface area contributed by atoms with Crippen molar-refractivity contribution in [2.75, 3.05) is 6.61 Å². The lowest BCUT2D eigenvalue weighted by Gasteiger charge is -2.25. The van der Waals surface area contributed by atoms with Gasteiger partial charge in [-0.25, -0.2) is 4.39 Å². The highest BCUT2D eigenvalue weighted by molar-refractivity contribution is 9.10. The maximum absolute atomic E-state index is 13.5. The first-order valence-electron chi connectivity index (χ1n) is 5.05. The van der Waals surface area contributed by atoms with E-state index in [2.05, 4.69) is 15.9 Å². The molecule has 0 aromatic heterocycles. The van der Waals surface area contributed by atoms with Crippen LogP contribution >= 0.6 is 15.9 Å². The van der Waals surface area contributed by atoms with E-state index in [0.717, 1.165) is 10.9 Å². The van der Waals surface area contributed by atoms with Crippen molar-refractivity contribution in [3.8, 4) is 0 Å². The predicted molar refractivity (Wildman–Crippen MR) is 63.3 cm³/mol. The standard InChI is InChI=1S/C12H16BrFO/c1-3-12(2,8-15)7-9-4-5-10(13)6-11(9)14/h4-6,15H,3,7-8H2,1-2H3. The van der Waals surface area contributed by atoms with Crippen molar-refractivity contribution in [1.82, 2.24) is 0 Å². The van der Waals surface area contributed by atoms with Crippen molar-refractivity contribution in [2.45, 2.75) is 26.7 Å². The third kappa shape index (κ3) is 3.28. The van der Waals surface area contributed by atoms with Crippen LogP contribution in [0, 0.1) is 11.2 Å². The first kappa shape index (κ1) is 12.7. The van der Waals surface area contributed by atoms with E-state index >= 15 is 0 Å². The lowest BCUT2D eigenvalue weighted by Crippen LogP contribution is -2.23. The molecule has 1 aromatic rings. The van der Waals surface area contributed by atoms with E-state index in [9.17, 15) is 9.50 Å². The Kier molecular flexibility index (Phi) is 4.29. The Morgan fingerprint density at radius 2 is 2.13 bits per heavy atom. The summed E-state index contributed by atoms with van der Waals surface area (Å²) in [7, 11) is 0. The van der Waals surface area contributed by atoms with Gasteiger partial charge in [0.2, 0.25) is 0 Å². The molecule has 0 saturated heterocycles. The Hall–Kier alpha value is -0.410. The fraction of sp³-hybridized carbons (Fsp3) is 0.500. The van der Waals surface area contributed by atoms with Gasteiger partial charge >= 0.3 is 0 Å². The van der Waals surface area contributed by atoms with Crippen LogP contribution in [0.5, 0.6) is 0 Å². The number of hydrogen-bond donors (Lipinski definition) is 1. The van der Waals surface area contributed by atoms with Gasteiger partial charge in [-0.15, -0.1) is 0 Å². The van der Waals surface area contributed by atoms with E-state index in [1.54, 1.807) is 6.07 Å². The maximum atomic E-state index is 13.5. The fourth-order valence-electron chi connectivity index (χ4n) is 1.42. The van der Waals surface area contributed by atoms with E-state index in [1.165, 1.54) is 6.07 Å². The minimum absolute atomic E-state index is 0.0823. The molecule has 84 valence electrons. The van der Waals surface area contributed by atoms with Crippen LogP contribution in [0.3, 0.4) is 0 Å². The largest absolute Gasteiger partial charge is 0.396 e. The molecule has 1 atom stereocenters. The van der Waals surface area contributed by atoms with Crippen LogP contribution in [0.1, 0.15) is 25.8 Å². The van der Waals surface area contributed by atoms with Gasteiger partial charge in [-0.1, -0.05) is 35.8 Å². The number of rotatable bonds is 4. The molecule has 0 heterocycles. The third-order valence-corrected chi connectivity index (χ3v) is 3.36. The van der Waals surface area contributed by atoms with Crippen LogP contribution in [0.2, 0.25) is 0 Å². The Morgan fingerprint density at radius 3 is 2.60 bits per heavy atom. The summed E-state index contributed by atoms with van der Waals surface area (Å²) in [5.74, 6) is -0.211. The summed E-state index contributed by atoms with van der Waals surface area (Å²) in [5, 5.41) is 9.26. The van der Waals surface area contributed by atoms with Crippen LogP contribution in [-0.4, -0.2) is 11.7 Å². The zero-order chi connectivity index (χ0) is 11.5. The lowest BCUT2D eigenvalue weighted by molar-refractivity contribution is 0.137. The third-order valence-electron chi connectivity index (χ3n) is 2.87. The number of hydrogen-bond acceptors (Lipinski definition) is 1. The average Bonchev–Trinajstić information content (AvgIpc) is 2.22. The first-order chi connectivity index (χ1) is 7.00. The number of aliphatic hydroxyl groups is 1. The molecule has 1 N–H and O–H groups in total. The second-order valence-electron chi connectivity index (χ2n) is 4.23. The Morgan fingerprint density at radius 1 is 1.47 bits per heavy atom. The molecule has 1 aromatic carbocycles. The summed E-state index contributed by atoms with van der Waals surface area (Å²) in [6, 6.07) is 5.05. The van der Waals surface area contributed by atoms with Gasteiger partial charge in [0.1, 0.15) is 5.82 Å². The SMILES string of the molecule is CCC(C)(CO)Cc1ccc(Br)cc1F. The topological polar surface area (TPSA) is 20.2 Å². The quantitative estimate of drug-likeness (QED) is 0.891. The summed E-state index contributed by atoms with van der Waals surface area (Å²) in [4.78, 5) is 0. The molecule has 0 radical (unpaired) electrons. The molecule has 0 fully saturated rings. The highest BCUT2D eigenvalue weighted by atomic mass is 79.9. The number of aliphatic hydroxyl groups excluding tert-OH is 1. The summed E-state index contributed by atoms with van der Waals surface area (Å²) in [6.45, 7) is 4.06. The van der Waals surface area contributed by atoms with Crippen molar-refractivity contribution in [1.29, 1.82) is 0 Å². The molecule has 1 nitrogen and oxygen atoms in total. The smallest absolute Gasteiger partial charge is 0.127 e. The monoisotopic (exact) mass is 274 g/mol. The van der Waals surface area contributed by atoms with Crippen LogP contribution in [-0.2, 0) is 6.42 Å². The maximum Gasteiger partial charge on any atom is 0.127 e. The zero-order valence-corrected chi connectivity index (χ0v) is 10.6. The zero-order valence-electron chi connectivity index (χ0n) is 9.06. The molecule has 0 bridgehead atoms. The molecule has 0 saturated carbocycles. The van der Waals surface area contributed by atoms with Crippen LogP contribution in [0.25, 0.3) is 0 Å². The van der Waals surface area contributed by atoms with Crippen LogP contribution < -0.4 is 0 Å². The highest BCUT2D eigenvalue weighted by Crippen LogP contribution is 2.27. The molecule has 1 unspecified atom stereocenters. The van der Waals surface area contributed by atoms with E-state index in [4.69, 9.17) is 0 Å². The lowest BCUT2D eigenvalue weighted by atomic mass is 9.82. The van der Waals surface area contributed by atoms with Gasteiger partial charge in [-0.05, 0) is 36.0 Å². The molecule has 0 amide bonds. The van der Waals surface area contributed by atoms with E-state index in [1.807, 2.05) is 19.9 Å². The molecule has 3 heteroatoms. The summed E-state index contributed by atoms with van der Waals surface area (Å²) in [5.41, 5.74) is 0.436. The molecule has 0 spiro atoms. The highest BCUT2D eigenvalue weighted by Gasteiger charge is 2.22. The second kappa shape index (κ2) is 5.08. The van der Waals surface area contributed by atoms with Gasteiger partial charge in [0.05, 0.1) is 0 Å². The minimum Gasteiger partial charge on any atom is -0.396 e. The van der Waals surface area contributed by atoms with Gasteiger partial charge in [0.25, 0.3) is 0 Å². The van der Waals surface area contributed by atoms with E-state index < -0.39 is 0 Å². The Labute approximate surface area is 98.4 Å². The van der Waals surface area contributed by atoms with Crippen molar-refractivity contribution >= 4 is 15.9 Å². The average molecular weight is 275 g/mol. The van der Waals surface area contributed by atoms with Gasteiger partial charge in [0, 0.05) is 11.1 Å². The molecular formula is C12H16BrFO. The number of benzene rings is 1. The van der Waals surface area contributed by atoms with Gasteiger partial charge < -0.3 is 5.11 Å². The minimum atomic E-state index is -0.228. The van der Waals surface area contributed by atoms with Crippen LogP contribution in [0.4, 0.5) is 4.39 Å². The predicted octanol–water partition coefficient (Wildman–Crippen LogP) is 3.54. The van der Waals surface area contributed by atoms with E-state index in [0.29, 0.717) is 12.0 Å². The molecular weight excluding hydrogens is 259 g/mol. The van der Waals surface area contributed by atoms with Crippen molar-refractivity contribution in [3.05, 3.63) is 34.1 Å². The first-order valence-corrected chi connectivity index (χ1v) is 5.85. The summed E-state index contributed by atoms with van der Waals surface area (Å²) >= 11 is 3.22. The molecule has 0 aliphatic rings. The Balaban J connectivity index is 2.89. The fourth-order valence-corrected chi connectivity index (χ4v) is 1.75. The van der Waals surface area contributed by atoms with Crippen molar-refractivity contribution in [3.63, 3.8) is 0 Å². The molecule has 0 aliphatic heterocycles. The van der Waals surface area contributed by atoms with Gasteiger partial charge in [-0.2, -0.15) is 0 Å². The second-order valence-corrected chi connectivity index (χ2v) is 5.15. The Bertz CT molecular complexity index is 334. The van der Waals surface area contributed by atoms with Crippen LogP contribution in [0.15, 0.2) is 22.7 Å². The molecule has 0 aliphatic carbocycles. The number of halogens is 2. The summed E-state index contributed by atoms with van der Waals surface area (Å²) < 4.78 is 14.3. The van der Waals surface area contributed by atoms with Crippen molar-refractivity contribution in [2.24, 2.45) is 5.41 Å². The molecule has 1 rings (SSSR count). The normalized spacial score (nSPS) is 15.0. The van der Waals surface area contributed by atoms with E-state index in [-0.39, 0.29) is 17.8 Å². The summed E-state index contributed by atoms with van der Waals surface area (Å²) in [6.07, 6.45) is 1.40. The van der Waals surface area contributed by atoms with Crippen molar-refractivity contribution < 1.29 is 9.50 Å². The van der Waals surface area contributed by atoms with Gasteiger partial charge in [-0.3, -0.25) is 0 Å².